The van der Waals surface area contributed by atoms with E-state index in [0.717, 1.165) is 0 Å². The van der Waals surface area contributed by atoms with E-state index >= 15 is 0 Å². The first-order valence-electron chi connectivity index (χ1n) is 3.79. The molecule has 0 saturated heterocycles. The first-order valence-corrected chi connectivity index (χ1v) is 4.17. The van der Waals surface area contributed by atoms with Crippen molar-refractivity contribution < 1.29 is 19.6 Å². The molecule has 0 aliphatic heterocycles. The third-order valence-corrected chi connectivity index (χ3v) is 2.18. The van der Waals surface area contributed by atoms with Gasteiger partial charge in [-0.2, -0.15) is 0 Å². The van der Waals surface area contributed by atoms with E-state index in [-0.39, 0.29) is 16.0 Å². The Labute approximate surface area is 86.2 Å². The Bertz CT molecular complexity index is 353. The van der Waals surface area contributed by atoms with Crippen molar-refractivity contribution in [2.45, 2.75) is 0 Å². The van der Waals surface area contributed by atoms with Crippen LogP contribution >= 0.6 is 11.6 Å². The highest BCUT2D eigenvalue weighted by atomic mass is 35.5. The number of carbonyl (C=O) groups is 1. The normalized spacial score (nSPS) is 9.71. The summed E-state index contributed by atoms with van der Waals surface area (Å²) >= 11 is 5.78. The minimum absolute atomic E-state index is 0.0287. The van der Waals surface area contributed by atoms with Crippen LogP contribution in [0.4, 0.5) is 0 Å². The minimum Gasteiger partial charge on any atom is -0.495 e. The van der Waals surface area contributed by atoms with E-state index in [4.69, 9.17) is 26.4 Å². The topological polar surface area (TPSA) is 66.8 Å². The molecule has 0 fully saturated rings. The maximum Gasteiger partial charge on any atom is 0.489 e. The summed E-state index contributed by atoms with van der Waals surface area (Å²) in [5.41, 5.74) is 0.0896. The fraction of sp³-hybridized carbons (Fsp3) is 0.125. The molecule has 0 heterocycles. The molecule has 6 heteroatoms. The summed E-state index contributed by atoms with van der Waals surface area (Å²) in [6.07, 6.45) is 0.458. The van der Waals surface area contributed by atoms with Crippen LogP contribution in [0.25, 0.3) is 0 Å². The van der Waals surface area contributed by atoms with Crippen molar-refractivity contribution in [2.75, 3.05) is 7.11 Å². The lowest BCUT2D eigenvalue weighted by molar-refractivity contribution is 0.112. The van der Waals surface area contributed by atoms with Crippen molar-refractivity contribution in [2.24, 2.45) is 0 Å². The second-order valence-electron chi connectivity index (χ2n) is 2.58. The Morgan fingerprint density at radius 3 is 2.57 bits per heavy atom. The smallest absolute Gasteiger partial charge is 0.489 e. The molecule has 0 spiro atoms. The minimum atomic E-state index is -1.72. The van der Waals surface area contributed by atoms with Crippen LogP contribution in [0.2, 0.25) is 5.02 Å². The molecule has 1 aromatic rings. The van der Waals surface area contributed by atoms with E-state index in [1.807, 2.05) is 0 Å². The van der Waals surface area contributed by atoms with Crippen LogP contribution in [0, 0.1) is 0 Å². The first kappa shape index (κ1) is 11.0. The van der Waals surface area contributed by atoms with Gasteiger partial charge in [-0.15, -0.1) is 0 Å². The molecule has 0 amide bonds. The Balaban J connectivity index is 3.35. The average molecular weight is 214 g/mol. The van der Waals surface area contributed by atoms with Crippen LogP contribution in [0.1, 0.15) is 10.4 Å². The quantitative estimate of drug-likeness (QED) is 0.542. The number of halogens is 1. The van der Waals surface area contributed by atoms with Crippen molar-refractivity contribution in [3.8, 4) is 5.75 Å². The highest BCUT2D eigenvalue weighted by Gasteiger charge is 2.20. The maximum atomic E-state index is 10.7. The Morgan fingerprint density at radius 1 is 1.50 bits per heavy atom. The average Bonchev–Trinajstić information content (AvgIpc) is 2.17. The van der Waals surface area contributed by atoms with E-state index in [9.17, 15) is 4.79 Å². The number of aldehydes is 1. The molecule has 74 valence electrons. The van der Waals surface area contributed by atoms with Crippen molar-refractivity contribution >= 4 is 30.5 Å². The number of methoxy groups -OCH3 is 1. The van der Waals surface area contributed by atoms with E-state index in [0.29, 0.717) is 12.0 Å². The van der Waals surface area contributed by atoms with Gasteiger partial charge in [-0.1, -0.05) is 17.7 Å². The van der Waals surface area contributed by atoms with E-state index in [1.165, 1.54) is 19.2 Å². The molecule has 0 bridgehead atoms. The number of rotatable bonds is 3. The first-order chi connectivity index (χ1) is 6.61. The van der Waals surface area contributed by atoms with Gasteiger partial charge in [0.1, 0.15) is 5.75 Å². The molecule has 1 rings (SSSR count). The van der Waals surface area contributed by atoms with Gasteiger partial charge < -0.3 is 14.8 Å². The Hall–Kier alpha value is -1.04. The Kier molecular flexibility index (Phi) is 3.52. The molecule has 1 aromatic carbocycles. The fourth-order valence-electron chi connectivity index (χ4n) is 1.09. The van der Waals surface area contributed by atoms with Gasteiger partial charge in [-0.05, 0) is 11.5 Å². The lowest BCUT2D eigenvalue weighted by atomic mass is 9.77. The summed E-state index contributed by atoms with van der Waals surface area (Å²) in [5, 5.41) is 17.9. The predicted molar refractivity (Wildman–Crippen MR) is 53.2 cm³/mol. The maximum absolute atomic E-state index is 10.7. The zero-order valence-electron chi connectivity index (χ0n) is 7.40. The molecule has 2 N–H and O–H groups in total. The number of ether oxygens (including phenoxy) is 1. The lowest BCUT2D eigenvalue weighted by Crippen LogP contribution is -2.33. The summed E-state index contributed by atoms with van der Waals surface area (Å²) in [6.45, 7) is 0. The molecular formula is C8H8BClO4. The highest BCUT2D eigenvalue weighted by molar-refractivity contribution is 6.60. The molecule has 0 aromatic heterocycles. The number of hydrogen-bond donors (Lipinski definition) is 2. The molecule has 14 heavy (non-hydrogen) atoms. The van der Waals surface area contributed by atoms with Crippen LogP contribution in [-0.4, -0.2) is 30.6 Å². The second-order valence-corrected chi connectivity index (χ2v) is 2.95. The zero-order valence-corrected chi connectivity index (χ0v) is 8.15. The fourth-order valence-corrected chi connectivity index (χ4v) is 1.38. The van der Waals surface area contributed by atoms with Gasteiger partial charge in [0, 0.05) is 5.56 Å². The van der Waals surface area contributed by atoms with Crippen LogP contribution < -0.4 is 10.2 Å². The molecule has 0 aliphatic carbocycles. The lowest BCUT2D eigenvalue weighted by Gasteiger charge is -2.09. The molecular weight excluding hydrogens is 206 g/mol. The summed E-state index contributed by atoms with van der Waals surface area (Å²) < 4.78 is 4.87. The SMILES string of the molecule is COc1ccc(B(O)O)c(C=O)c1Cl. The standard InChI is InChI=1S/C8H8BClO4/c1-14-7-3-2-6(9(12)13)5(4-11)8(7)10/h2-4,12-13H,1H3. The van der Waals surface area contributed by atoms with Crippen LogP contribution in [0.5, 0.6) is 5.75 Å². The highest BCUT2D eigenvalue weighted by Crippen LogP contribution is 2.25. The summed E-state index contributed by atoms with van der Waals surface area (Å²) in [6, 6.07) is 2.84. The van der Waals surface area contributed by atoms with E-state index in [1.54, 1.807) is 0 Å². The molecule has 0 radical (unpaired) electrons. The largest absolute Gasteiger partial charge is 0.495 e. The molecule has 0 unspecified atom stereocenters. The van der Waals surface area contributed by atoms with Gasteiger partial charge in [-0.3, -0.25) is 4.79 Å². The third-order valence-electron chi connectivity index (χ3n) is 1.79. The summed E-state index contributed by atoms with van der Waals surface area (Å²) in [5.74, 6) is 0.318. The van der Waals surface area contributed by atoms with Gasteiger partial charge in [-0.25, -0.2) is 0 Å². The molecule has 0 saturated carbocycles. The van der Waals surface area contributed by atoms with E-state index < -0.39 is 7.12 Å². The van der Waals surface area contributed by atoms with Gasteiger partial charge in [0.15, 0.2) is 6.29 Å². The van der Waals surface area contributed by atoms with Crippen molar-refractivity contribution in [3.05, 3.63) is 22.7 Å². The molecule has 4 nitrogen and oxygen atoms in total. The van der Waals surface area contributed by atoms with Crippen molar-refractivity contribution in [3.63, 3.8) is 0 Å². The Morgan fingerprint density at radius 2 is 2.14 bits per heavy atom. The summed E-state index contributed by atoms with van der Waals surface area (Å²) in [7, 11) is -0.316. The van der Waals surface area contributed by atoms with Crippen LogP contribution in [0.3, 0.4) is 0 Å². The zero-order chi connectivity index (χ0) is 10.7. The monoisotopic (exact) mass is 214 g/mol. The van der Waals surface area contributed by atoms with Gasteiger partial charge in [0.2, 0.25) is 0 Å². The van der Waals surface area contributed by atoms with E-state index in [2.05, 4.69) is 0 Å². The summed E-state index contributed by atoms with van der Waals surface area (Å²) in [4.78, 5) is 10.7. The number of benzene rings is 1. The van der Waals surface area contributed by atoms with Crippen molar-refractivity contribution in [1.82, 2.24) is 0 Å². The van der Waals surface area contributed by atoms with Gasteiger partial charge >= 0.3 is 7.12 Å². The second kappa shape index (κ2) is 4.46. The number of carbonyl (C=O) groups excluding carboxylic acids is 1. The van der Waals surface area contributed by atoms with Crippen LogP contribution in [0.15, 0.2) is 12.1 Å². The molecule has 0 aliphatic rings. The third kappa shape index (κ3) is 1.90. The predicted octanol–water partition coefficient (Wildman–Crippen LogP) is -0.159. The molecule has 0 atom stereocenters. The number of hydrogen-bond acceptors (Lipinski definition) is 4. The van der Waals surface area contributed by atoms with Crippen molar-refractivity contribution in [1.29, 1.82) is 0 Å². The van der Waals surface area contributed by atoms with Gasteiger partial charge in [0.25, 0.3) is 0 Å². The van der Waals surface area contributed by atoms with Gasteiger partial charge in [0.05, 0.1) is 12.1 Å². The van der Waals surface area contributed by atoms with Crippen LogP contribution in [-0.2, 0) is 0 Å².